The lowest BCUT2D eigenvalue weighted by Crippen LogP contribution is -2.28. The fourth-order valence-electron chi connectivity index (χ4n) is 1.83. The van der Waals surface area contributed by atoms with Crippen LogP contribution < -0.4 is 11.1 Å². The SMILES string of the molecule is CCCC(C)C(=O)NCc1cccc(C(N)=NO)c1. The summed E-state index contributed by atoms with van der Waals surface area (Å²) in [5, 5.41) is 14.5. The topological polar surface area (TPSA) is 87.7 Å². The van der Waals surface area contributed by atoms with Crippen LogP contribution >= 0.6 is 0 Å². The third-order valence-electron chi connectivity index (χ3n) is 2.97. The third-order valence-corrected chi connectivity index (χ3v) is 2.97. The molecule has 1 unspecified atom stereocenters. The summed E-state index contributed by atoms with van der Waals surface area (Å²) in [6.07, 6.45) is 1.88. The van der Waals surface area contributed by atoms with Crippen molar-refractivity contribution in [2.45, 2.75) is 33.2 Å². The van der Waals surface area contributed by atoms with Gasteiger partial charge in [-0.3, -0.25) is 4.79 Å². The van der Waals surface area contributed by atoms with Gasteiger partial charge in [-0.15, -0.1) is 0 Å². The van der Waals surface area contributed by atoms with E-state index in [0.29, 0.717) is 12.1 Å². The van der Waals surface area contributed by atoms with Gasteiger partial charge in [0.15, 0.2) is 5.84 Å². The van der Waals surface area contributed by atoms with E-state index in [1.165, 1.54) is 0 Å². The lowest BCUT2D eigenvalue weighted by atomic mass is 10.1. The summed E-state index contributed by atoms with van der Waals surface area (Å²) >= 11 is 0. The molecule has 0 spiro atoms. The van der Waals surface area contributed by atoms with E-state index in [9.17, 15) is 4.79 Å². The first-order valence-corrected chi connectivity index (χ1v) is 6.43. The standard InChI is InChI=1S/C14H21N3O2/c1-3-5-10(2)14(18)16-9-11-6-4-7-12(8-11)13(15)17-19/h4,6-8,10,19H,3,5,9H2,1-2H3,(H2,15,17)(H,16,18). The molecule has 1 rings (SSSR count). The van der Waals surface area contributed by atoms with Crippen LogP contribution in [-0.2, 0) is 11.3 Å². The molecule has 1 aromatic rings. The Morgan fingerprint density at radius 2 is 2.26 bits per heavy atom. The molecule has 0 aliphatic heterocycles. The highest BCUT2D eigenvalue weighted by Gasteiger charge is 2.11. The Morgan fingerprint density at radius 1 is 1.53 bits per heavy atom. The van der Waals surface area contributed by atoms with E-state index < -0.39 is 0 Å². The van der Waals surface area contributed by atoms with Crippen molar-refractivity contribution in [2.75, 3.05) is 0 Å². The van der Waals surface area contributed by atoms with E-state index in [-0.39, 0.29) is 17.7 Å². The summed E-state index contributed by atoms with van der Waals surface area (Å²) < 4.78 is 0. The zero-order valence-corrected chi connectivity index (χ0v) is 11.4. The zero-order valence-electron chi connectivity index (χ0n) is 11.4. The van der Waals surface area contributed by atoms with Crippen molar-refractivity contribution in [2.24, 2.45) is 16.8 Å². The minimum Gasteiger partial charge on any atom is -0.409 e. The first kappa shape index (κ1) is 15.0. The Bertz CT molecular complexity index is 458. The molecule has 5 heteroatoms. The van der Waals surface area contributed by atoms with E-state index in [4.69, 9.17) is 10.9 Å². The molecule has 0 bridgehead atoms. The number of carbonyl (C=O) groups is 1. The van der Waals surface area contributed by atoms with Crippen LogP contribution in [0.2, 0.25) is 0 Å². The van der Waals surface area contributed by atoms with Crippen LogP contribution in [0.15, 0.2) is 29.4 Å². The molecule has 0 aromatic heterocycles. The van der Waals surface area contributed by atoms with Gasteiger partial charge in [-0.25, -0.2) is 0 Å². The smallest absolute Gasteiger partial charge is 0.223 e. The van der Waals surface area contributed by atoms with Crippen LogP contribution in [0, 0.1) is 5.92 Å². The second-order valence-electron chi connectivity index (χ2n) is 4.59. The molecule has 5 nitrogen and oxygen atoms in total. The molecule has 0 saturated heterocycles. The number of hydrogen-bond acceptors (Lipinski definition) is 3. The van der Waals surface area contributed by atoms with Gasteiger partial charge in [0, 0.05) is 18.0 Å². The van der Waals surface area contributed by atoms with Crippen molar-refractivity contribution in [3.8, 4) is 0 Å². The van der Waals surface area contributed by atoms with Gasteiger partial charge in [-0.05, 0) is 18.1 Å². The molecule has 0 aliphatic carbocycles. The van der Waals surface area contributed by atoms with Crippen molar-refractivity contribution >= 4 is 11.7 Å². The highest BCUT2D eigenvalue weighted by Crippen LogP contribution is 2.07. The lowest BCUT2D eigenvalue weighted by Gasteiger charge is -2.11. The van der Waals surface area contributed by atoms with Crippen molar-refractivity contribution in [3.05, 3.63) is 35.4 Å². The largest absolute Gasteiger partial charge is 0.409 e. The van der Waals surface area contributed by atoms with Gasteiger partial charge >= 0.3 is 0 Å². The average Bonchev–Trinajstić information content (AvgIpc) is 2.44. The van der Waals surface area contributed by atoms with Gasteiger partial charge in [0.05, 0.1) is 0 Å². The number of carbonyl (C=O) groups excluding carboxylic acids is 1. The number of nitrogens with one attached hydrogen (secondary N) is 1. The Kier molecular flexibility index (Phi) is 5.85. The number of amides is 1. The van der Waals surface area contributed by atoms with E-state index >= 15 is 0 Å². The number of oxime groups is 1. The van der Waals surface area contributed by atoms with Gasteiger partial charge in [0.2, 0.25) is 5.91 Å². The summed E-state index contributed by atoms with van der Waals surface area (Å²) in [5.41, 5.74) is 7.07. The molecule has 0 heterocycles. The highest BCUT2D eigenvalue weighted by molar-refractivity contribution is 5.97. The van der Waals surface area contributed by atoms with Crippen LogP contribution in [0.4, 0.5) is 0 Å². The van der Waals surface area contributed by atoms with Crippen LogP contribution in [-0.4, -0.2) is 17.0 Å². The zero-order chi connectivity index (χ0) is 14.3. The molecule has 1 atom stereocenters. The Labute approximate surface area is 113 Å². The number of amidine groups is 1. The van der Waals surface area contributed by atoms with E-state index in [0.717, 1.165) is 18.4 Å². The minimum atomic E-state index is 0.0252. The Morgan fingerprint density at radius 3 is 2.89 bits per heavy atom. The first-order chi connectivity index (χ1) is 9.08. The fourth-order valence-corrected chi connectivity index (χ4v) is 1.83. The average molecular weight is 263 g/mol. The molecule has 0 saturated carbocycles. The van der Waals surface area contributed by atoms with Crippen LogP contribution in [0.5, 0.6) is 0 Å². The van der Waals surface area contributed by atoms with E-state index in [1.54, 1.807) is 12.1 Å². The predicted molar refractivity (Wildman–Crippen MR) is 74.9 cm³/mol. The molecule has 1 amide bonds. The summed E-state index contributed by atoms with van der Waals surface area (Å²) in [6, 6.07) is 7.24. The maximum atomic E-state index is 11.8. The predicted octanol–water partition coefficient (Wildman–Crippen LogP) is 1.83. The fraction of sp³-hybridized carbons (Fsp3) is 0.429. The maximum Gasteiger partial charge on any atom is 0.223 e. The molecule has 0 fully saturated rings. The second-order valence-corrected chi connectivity index (χ2v) is 4.59. The van der Waals surface area contributed by atoms with Crippen molar-refractivity contribution in [1.29, 1.82) is 0 Å². The molecule has 104 valence electrons. The number of benzene rings is 1. The van der Waals surface area contributed by atoms with Crippen LogP contribution in [0.3, 0.4) is 0 Å². The van der Waals surface area contributed by atoms with Crippen molar-refractivity contribution in [1.82, 2.24) is 5.32 Å². The van der Waals surface area contributed by atoms with Crippen LogP contribution in [0.25, 0.3) is 0 Å². The summed E-state index contributed by atoms with van der Waals surface area (Å²) in [4.78, 5) is 11.8. The molecular formula is C14H21N3O2. The molecule has 0 radical (unpaired) electrons. The Balaban J connectivity index is 2.61. The highest BCUT2D eigenvalue weighted by atomic mass is 16.4. The van der Waals surface area contributed by atoms with Crippen molar-refractivity contribution < 1.29 is 10.0 Å². The van der Waals surface area contributed by atoms with E-state index in [1.807, 2.05) is 19.1 Å². The molecule has 4 N–H and O–H groups in total. The quantitative estimate of drug-likeness (QED) is 0.317. The molecule has 0 aliphatic rings. The van der Waals surface area contributed by atoms with Gasteiger partial charge in [-0.1, -0.05) is 43.6 Å². The summed E-state index contributed by atoms with van der Waals surface area (Å²) in [6.45, 7) is 4.43. The normalized spacial score (nSPS) is 13.1. The van der Waals surface area contributed by atoms with E-state index in [2.05, 4.69) is 17.4 Å². The second kappa shape index (κ2) is 7.41. The molecule has 19 heavy (non-hydrogen) atoms. The van der Waals surface area contributed by atoms with Gasteiger partial charge in [0.1, 0.15) is 0 Å². The number of rotatable bonds is 6. The summed E-state index contributed by atoms with van der Waals surface area (Å²) in [5.74, 6) is 0.140. The molecule has 1 aromatic carbocycles. The van der Waals surface area contributed by atoms with Crippen molar-refractivity contribution in [3.63, 3.8) is 0 Å². The maximum absolute atomic E-state index is 11.8. The number of nitrogens with zero attached hydrogens (tertiary/aromatic N) is 1. The van der Waals surface area contributed by atoms with Gasteiger partial charge < -0.3 is 16.3 Å². The third kappa shape index (κ3) is 4.62. The first-order valence-electron chi connectivity index (χ1n) is 6.43. The summed E-state index contributed by atoms with van der Waals surface area (Å²) in [7, 11) is 0. The monoisotopic (exact) mass is 263 g/mol. The van der Waals surface area contributed by atoms with Crippen LogP contribution in [0.1, 0.15) is 37.8 Å². The molecular weight excluding hydrogens is 242 g/mol. The number of nitrogens with two attached hydrogens (primary N) is 1. The van der Waals surface area contributed by atoms with Gasteiger partial charge in [0.25, 0.3) is 0 Å². The minimum absolute atomic E-state index is 0.0252. The number of hydrogen-bond donors (Lipinski definition) is 3. The lowest BCUT2D eigenvalue weighted by molar-refractivity contribution is -0.124. The van der Waals surface area contributed by atoms with Gasteiger partial charge in [-0.2, -0.15) is 0 Å². The Hall–Kier alpha value is -2.04.